The van der Waals surface area contributed by atoms with Crippen molar-refractivity contribution in [3.05, 3.63) is 0 Å². The van der Waals surface area contributed by atoms with Gasteiger partial charge in [0.25, 0.3) is 5.92 Å². The predicted octanol–water partition coefficient (Wildman–Crippen LogP) is 2.38. The molecule has 1 aliphatic carbocycles. The van der Waals surface area contributed by atoms with Crippen molar-refractivity contribution in [1.82, 2.24) is 0 Å². The van der Waals surface area contributed by atoms with Crippen LogP contribution in [0.1, 0.15) is 32.1 Å². The summed E-state index contributed by atoms with van der Waals surface area (Å²) in [6, 6.07) is 0. The normalized spacial score (nSPS) is 33.3. The van der Waals surface area contributed by atoms with E-state index in [0.29, 0.717) is 12.8 Å². The van der Waals surface area contributed by atoms with Crippen molar-refractivity contribution < 1.29 is 13.9 Å². The Balaban J connectivity index is 2.52. The number of halogens is 2. The van der Waals surface area contributed by atoms with E-state index >= 15 is 0 Å². The molecule has 1 nitrogen and oxygen atoms in total. The summed E-state index contributed by atoms with van der Waals surface area (Å²) in [6.45, 7) is 0. The van der Waals surface area contributed by atoms with E-state index in [9.17, 15) is 13.9 Å². The number of hydrogen-bond acceptors (Lipinski definition) is 0. The van der Waals surface area contributed by atoms with Crippen molar-refractivity contribution in [2.45, 2.75) is 44.1 Å². The van der Waals surface area contributed by atoms with E-state index in [4.69, 9.17) is 0 Å². The molecule has 1 rings (SSSR count). The Bertz CT molecular complexity index is 114. The van der Waals surface area contributed by atoms with Crippen LogP contribution in [0.25, 0.3) is 0 Å². The first kappa shape index (κ1) is 7.92. The average molecular weight is 149 g/mol. The van der Waals surface area contributed by atoms with Gasteiger partial charge in [0.1, 0.15) is 0 Å². The van der Waals surface area contributed by atoms with Gasteiger partial charge in [-0.25, -0.2) is 13.9 Å². The zero-order valence-corrected chi connectivity index (χ0v) is 5.78. The first-order valence-corrected chi connectivity index (χ1v) is 3.66. The topological polar surface area (TPSA) is 19.9 Å². The van der Waals surface area contributed by atoms with E-state index < -0.39 is 12.0 Å². The first-order chi connectivity index (χ1) is 4.63. The highest BCUT2D eigenvalue weighted by Gasteiger charge is 2.39. The lowest BCUT2D eigenvalue weighted by Crippen LogP contribution is -2.30. The third-order valence-electron chi connectivity index (χ3n) is 1.95. The van der Waals surface area contributed by atoms with Crippen molar-refractivity contribution in [3.8, 4) is 0 Å². The summed E-state index contributed by atoms with van der Waals surface area (Å²) >= 11 is 0. The van der Waals surface area contributed by atoms with Gasteiger partial charge >= 0.3 is 0 Å². The van der Waals surface area contributed by atoms with Gasteiger partial charge in [-0.2, -0.15) is 0 Å². The largest absolute Gasteiger partial charge is 0.276 e. The van der Waals surface area contributed by atoms with E-state index in [1.54, 1.807) is 0 Å². The fourth-order valence-electron chi connectivity index (χ4n) is 1.24. The molecule has 10 heavy (non-hydrogen) atoms. The second kappa shape index (κ2) is 2.82. The third-order valence-corrected chi connectivity index (χ3v) is 1.95. The molecule has 1 radical (unpaired) electrons. The van der Waals surface area contributed by atoms with Crippen LogP contribution in [0.2, 0.25) is 0 Å². The second-order valence-electron chi connectivity index (χ2n) is 2.85. The van der Waals surface area contributed by atoms with Gasteiger partial charge in [-0.3, -0.25) is 0 Å². The molecular formula is C7H11F2O. The lowest BCUT2D eigenvalue weighted by Gasteiger charge is -2.16. The SMILES string of the molecule is [O]C1CCCCCC1(F)F. The predicted molar refractivity (Wildman–Crippen MR) is 32.5 cm³/mol. The zero-order valence-electron chi connectivity index (χ0n) is 5.78. The van der Waals surface area contributed by atoms with E-state index in [1.807, 2.05) is 0 Å². The third kappa shape index (κ3) is 1.66. The van der Waals surface area contributed by atoms with Gasteiger partial charge in [-0.15, -0.1) is 0 Å². The molecule has 1 saturated carbocycles. The summed E-state index contributed by atoms with van der Waals surface area (Å²) in [6.07, 6.45) is 0.257. The lowest BCUT2D eigenvalue weighted by atomic mass is 10.1. The van der Waals surface area contributed by atoms with Crippen LogP contribution in [-0.2, 0) is 5.11 Å². The highest BCUT2D eigenvalue weighted by atomic mass is 19.3. The van der Waals surface area contributed by atoms with Crippen molar-refractivity contribution in [2.75, 3.05) is 0 Å². The van der Waals surface area contributed by atoms with Crippen LogP contribution in [0.15, 0.2) is 0 Å². The molecule has 1 aliphatic rings. The minimum Gasteiger partial charge on any atom is -0.226 e. The summed E-state index contributed by atoms with van der Waals surface area (Å²) in [4.78, 5) is 0. The second-order valence-corrected chi connectivity index (χ2v) is 2.85. The fraction of sp³-hybridized carbons (Fsp3) is 1.00. The monoisotopic (exact) mass is 149 g/mol. The molecule has 59 valence electrons. The van der Waals surface area contributed by atoms with E-state index in [-0.39, 0.29) is 12.8 Å². The summed E-state index contributed by atoms with van der Waals surface area (Å²) in [5.41, 5.74) is 0. The van der Waals surface area contributed by atoms with Crippen LogP contribution < -0.4 is 0 Å². The average Bonchev–Trinajstić information content (AvgIpc) is 1.96. The summed E-state index contributed by atoms with van der Waals surface area (Å²) in [5.74, 6) is -2.93. The Morgan fingerprint density at radius 3 is 2.60 bits per heavy atom. The van der Waals surface area contributed by atoms with Crippen molar-refractivity contribution in [3.63, 3.8) is 0 Å². The van der Waals surface area contributed by atoms with Gasteiger partial charge in [0.2, 0.25) is 0 Å². The molecule has 0 saturated heterocycles. The molecule has 0 aromatic rings. The van der Waals surface area contributed by atoms with E-state index in [1.165, 1.54) is 0 Å². The maximum absolute atomic E-state index is 12.5. The highest BCUT2D eigenvalue weighted by Crippen LogP contribution is 2.32. The molecule has 0 heterocycles. The van der Waals surface area contributed by atoms with Crippen LogP contribution in [-0.4, -0.2) is 12.0 Å². The smallest absolute Gasteiger partial charge is 0.226 e. The molecular weight excluding hydrogens is 138 g/mol. The van der Waals surface area contributed by atoms with E-state index in [0.717, 1.165) is 6.42 Å². The molecule has 0 N–H and O–H groups in total. The standard InChI is InChI=1S/C7H11F2O/c8-7(9)5-3-1-2-4-6(7)10/h6H,1-5H2. The van der Waals surface area contributed by atoms with Gasteiger partial charge in [-0.05, 0) is 12.8 Å². The van der Waals surface area contributed by atoms with E-state index in [2.05, 4.69) is 0 Å². The molecule has 0 bridgehead atoms. The van der Waals surface area contributed by atoms with Crippen molar-refractivity contribution in [2.24, 2.45) is 0 Å². The highest BCUT2D eigenvalue weighted by molar-refractivity contribution is 4.78. The molecule has 1 fully saturated rings. The number of rotatable bonds is 0. The van der Waals surface area contributed by atoms with Crippen molar-refractivity contribution >= 4 is 0 Å². The molecule has 3 heteroatoms. The summed E-state index contributed by atoms with van der Waals surface area (Å²) in [7, 11) is 0. The number of alkyl halides is 2. The van der Waals surface area contributed by atoms with Crippen LogP contribution >= 0.6 is 0 Å². The van der Waals surface area contributed by atoms with Gasteiger partial charge in [0.05, 0.1) is 0 Å². The molecule has 1 atom stereocenters. The maximum atomic E-state index is 12.5. The zero-order chi connectivity index (χ0) is 7.61. The van der Waals surface area contributed by atoms with Gasteiger partial charge in [0, 0.05) is 6.42 Å². The Hall–Kier alpha value is -0.180. The van der Waals surface area contributed by atoms with Gasteiger partial charge in [-0.1, -0.05) is 12.8 Å². The van der Waals surface area contributed by atoms with Crippen LogP contribution in [0.5, 0.6) is 0 Å². The minimum atomic E-state index is -2.93. The number of hydrogen-bond donors (Lipinski definition) is 0. The summed E-state index contributed by atoms with van der Waals surface area (Å²) < 4.78 is 25.1. The molecule has 0 aromatic heterocycles. The Kier molecular flexibility index (Phi) is 2.24. The van der Waals surface area contributed by atoms with Crippen LogP contribution in [0.4, 0.5) is 8.78 Å². The Morgan fingerprint density at radius 2 is 1.90 bits per heavy atom. The van der Waals surface area contributed by atoms with Gasteiger partial charge in [0.15, 0.2) is 6.10 Å². The van der Waals surface area contributed by atoms with Crippen LogP contribution in [0, 0.1) is 0 Å². The van der Waals surface area contributed by atoms with Crippen LogP contribution in [0.3, 0.4) is 0 Å². The fourth-order valence-corrected chi connectivity index (χ4v) is 1.24. The molecule has 0 aromatic carbocycles. The molecule has 1 unspecified atom stereocenters. The first-order valence-electron chi connectivity index (χ1n) is 3.66. The maximum Gasteiger partial charge on any atom is 0.276 e. The lowest BCUT2D eigenvalue weighted by molar-refractivity contribution is -0.138. The minimum absolute atomic E-state index is 0.146. The summed E-state index contributed by atoms with van der Waals surface area (Å²) in [5, 5.41) is 10.7. The Labute approximate surface area is 59.0 Å². The van der Waals surface area contributed by atoms with Gasteiger partial charge < -0.3 is 0 Å². The molecule has 0 amide bonds. The Morgan fingerprint density at radius 1 is 1.20 bits per heavy atom. The molecule has 0 aliphatic heterocycles. The van der Waals surface area contributed by atoms with Crippen molar-refractivity contribution in [1.29, 1.82) is 0 Å². The molecule has 0 spiro atoms. The quantitative estimate of drug-likeness (QED) is 0.471.